The summed E-state index contributed by atoms with van der Waals surface area (Å²) in [4.78, 5) is 39.1. The molecule has 0 unspecified atom stereocenters. The van der Waals surface area contributed by atoms with Gasteiger partial charge in [0.15, 0.2) is 0 Å². The molecule has 3 rings (SSSR count). The van der Waals surface area contributed by atoms with E-state index in [2.05, 4.69) is 15.0 Å². The van der Waals surface area contributed by atoms with Crippen molar-refractivity contribution in [2.45, 2.75) is 0 Å². The highest BCUT2D eigenvalue weighted by Gasteiger charge is 2.13. The minimum atomic E-state index is -0.521. The molecular weight excluding hydrogens is 308 g/mol. The van der Waals surface area contributed by atoms with Crippen LogP contribution in [0.3, 0.4) is 0 Å². The molecule has 0 saturated carbocycles. The fourth-order valence-electron chi connectivity index (χ4n) is 2.34. The second kappa shape index (κ2) is 6.37. The third-order valence-corrected chi connectivity index (χ3v) is 3.60. The number of amides is 1. The van der Waals surface area contributed by atoms with Crippen LogP contribution in [-0.2, 0) is 4.74 Å². The van der Waals surface area contributed by atoms with E-state index in [0.717, 1.165) is 0 Å². The van der Waals surface area contributed by atoms with Gasteiger partial charge in [-0.15, -0.1) is 0 Å². The van der Waals surface area contributed by atoms with Gasteiger partial charge in [-0.05, 0) is 36.4 Å². The van der Waals surface area contributed by atoms with Gasteiger partial charge in [0, 0.05) is 22.8 Å². The van der Waals surface area contributed by atoms with E-state index in [1.807, 2.05) is 0 Å². The molecule has 6 nitrogen and oxygen atoms in total. The van der Waals surface area contributed by atoms with Crippen LogP contribution in [0.25, 0.3) is 10.9 Å². The number of pyridine rings is 1. The van der Waals surface area contributed by atoms with Gasteiger partial charge in [-0.3, -0.25) is 9.59 Å². The fraction of sp³-hybridized carbons (Fsp3) is 0.0556. The predicted molar refractivity (Wildman–Crippen MR) is 90.3 cm³/mol. The first-order chi connectivity index (χ1) is 11.6. The Bertz CT molecular complexity index is 974. The predicted octanol–water partition coefficient (Wildman–Crippen LogP) is 2.57. The number of ether oxygens (including phenoxy) is 1. The van der Waals surface area contributed by atoms with Crippen LogP contribution < -0.4 is 10.7 Å². The zero-order chi connectivity index (χ0) is 17.1. The molecule has 0 radical (unpaired) electrons. The molecule has 6 heteroatoms. The number of fused-ring (bicyclic) bond motifs is 1. The summed E-state index contributed by atoms with van der Waals surface area (Å²) in [5, 5.41) is 3.09. The van der Waals surface area contributed by atoms with Crippen molar-refractivity contribution in [1.82, 2.24) is 4.98 Å². The Morgan fingerprint density at radius 2 is 1.75 bits per heavy atom. The van der Waals surface area contributed by atoms with E-state index in [1.54, 1.807) is 36.4 Å². The summed E-state index contributed by atoms with van der Waals surface area (Å²) in [6.07, 6.45) is 1.39. The van der Waals surface area contributed by atoms with Gasteiger partial charge in [0.25, 0.3) is 5.91 Å². The van der Waals surface area contributed by atoms with E-state index < -0.39 is 11.9 Å². The second-order valence-corrected chi connectivity index (χ2v) is 5.10. The highest BCUT2D eigenvalue weighted by atomic mass is 16.5. The van der Waals surface area contributed by atoms with E-state index in [0.29, 0.717) is 22.2 Å². The summed E-state index contributed by atoms with van der Waals surface area (Å²) >= 11 is 0. The average Bonchev–Trinajstić information content (AvgIpc) is 2.62. The topological polar surface area (TPSA) is 88.3 Å². The number of aromatic nitrogens is 1. The van der Waals surface area contributed by atoms with E-state index in [-0.39, 0.29) is 11.0 Å². The Morgan fingerprint density at radius 1 is 1.04 bits per heavy atom. The lowest BCUT2D eigenvalue weighted by atomic mass is 10.1. The van der Waals surface area contributed by atoms with Crippen LogP contribution in [0.5, 0.6) is 0 Å². The number of carbonyl (C=O) groups is 2. The molecule has 3 aromatic rings. The number of nitrogens with one attached hydrogen (secondary N) is 2. The Kier molecular flexibility index (Phi) is 4.11. The van der Waals surface area contributed by atoms with Crippen LogP contribution in [0.2, 0.25) is 0 Å². The summed E-state index contributed by atoms with van der Waals surface area (Å²) < 4.78 is 4.61. The van der Waals surface area contributed by atoms with Gasteiger partial charge >= 0.3 is 5.97 Å². The third-order valence-electron chi connectivity index (χ3n) is 3.60. The van der Waals surface area contributed by atoms with Crippen LogP contribution in [0.1, 0.15) is 20.7 Å². The first kappa shape index (κ1) is 15.5. The lowest BCUT2D eigenvalue weighted by molar-refractivity contribution is 0.0600. The number of benzene rings is 2. The Labute approximate surface area is 137 Å². The molecule has 0 atom stereocenters. The number of para-hydroxylation sites is 1. The number of H-pyrrole nitrogens is 1. The highest BCUT2D eigenvalue weighted by Crippen LogP contribution is 2.12. The van der Waals surface area contributed by atoms with Crippen LogP contribution in [0.4, 0.5) is 5.69 Å². The third kappa shape index (κ3) is 2.89. The first-order valence-electron chi connectivity index (χ1n) is 7.20. The molecule has 0 aliphatic carbocycles. The van der Waals surface area contributed by atoms with Gasteiger partial charge in [-0.25, -0.2) is 4.79 Å². The Balaban J connectivity index is 1.86. The van der Waals surface area contributed by atoms with E-state index >= 15 is 0 Å². The zero-order valence-electron chi connectivity index (χ0n) is 12.8. The smallest absolute Gasteiger partial charge is 0.337 e. The summed E-state index contributed by atoms with van der Waals surface area (Å²) in [5.41, 5.74) is 1.19. The normalized spacial score (nSPS) is 10.4. The first-order valence-corrected chi connectivity index (χ1v) is 7.20. The van der Waals surface area contributed by atoms with Crippen molar-refractivity contribution in [2.75, 3.05) is 12.4 Å². The number of carbonyl (C=O) groups excluding carboxylic acids is 2. The second-order valence-electron chi connectivity index (χ2n) is 5.10. The van der Waals surface area contributed by atoms with Crippen molar-refractivity contribution in [1.29, 1.82) is 0 Å². The number of methoxy groups -OCH3 is 1. The summed E-state index contributed by atoms with van der Waals surface area (Å²) in [6, 6.07) is 13.2. The van der Waals surface area contributed by atoms with Crippen molar-refractivity contribution < 1.29 is 14.3 Å². The number of aromatic amines is 1. The SMILES string of the molecule is COC(=O)c1ccc(NC(=O)c2c[nH]c3ccccc3c2=O)cc1. The molecule has 24 heavy (non-hydrogen) atoms. The van der Waals surface area contributed by atoms with Gasteiger partial charge in [-0.1, -0.05) is 12.1 Å². The maximum Gasteiger partial charge on any atom is 0.337 e. The number of anilines is 1. The van der Waals surface area contributed by atoms with Crippen LogP contribution >= 0.6 is 0 Å². The summed E-state index contributed by atoms with van der Waals surface area (Å²) in [7, 11) is 1.30. The minimum absolute atomic E-state index is 0.0192. The van der Waals surface area contributed by atoms with E-state index in [4.69, 9.17) is 0 Å². The van der Waals surface area contributed by atoms with Crippen LogP contribution in [-0.4, -0.2) is 24.0 Å². The molecule has 0 saturated heterocycles. The molecule has 0 fully saturated rings. The lowest BCUT2D eigenvalue weighted by Crippen LogP contribution is -2.21. The zero-order valence-corrected chi connectivity index (χ0v) is 12.8. The highest BCUT2D eigenvalue weighted by molar-refractivity contribution is 6.05. The molecule has 0 aliphatic heterocycles. The van der Waals surface area contributed by atoms with Crippen molar-refractivity contribution in [3.05, 3.63) is 76.1 Å². The molecule has 1 heterocycles. The van der Waals surface area contributed by atoms with Crippen LogP contribution in [0, 0.1) is 0 Å². The number of hydrogen-bond donors (Lipinski definition) is 2. The van der Waals surface area contributed by atoms with Crippen molar-refractivity contribution in [3.8, 4) is 0 Å². The van der Waals surface area contributed by atoms with Gasteiger partial charge in [-0.2, -0.15) is 0 Å². The van der Waals surface area contributed by atoms with Crippen molar-refractivity contribution >= 4 is 28.5 Å². The number of hydrogen-bond acceptors (Lipinski definition) is 4. The molecule has 2 N–H and O–H groups in total. The summed E-state index contributed by atoms with van der Waals surface area (Å²) in [6.45, 7) is 0. The average molecular weight is 322 g/mol. The molecule has 0 spiro atoms. The maximum atomic E-state index is 12.4. The minimum Gasteiger partial charge on any atom is -0.465 e. The Morgan fingerprint density at radius 3 is 2.46 bits per heavy atom. The van der Waals surface area contributed by atoms with Gasteiger partial charge < -0.3 is 15.0 Å². The van der Waals surface area contributed by atoms with E-state index in [9.17, 15) is 14.4 Å². The Hall–Kier alpha value is -3.41. The van der Waals surface area contributed by atoms with E-state index in [1.165, 1.54) is 25.4 Å². The van der Waals surface area contributed by atoms with Gasteiger partial charge in [0.1, 0.15) is 5.56 Å². The lowest BCUT2D eigenvalue weighted by Gasteiger charge is -2.06. The molecule has 0 aliphatic rings. The monoisotopic (exact) mass is 322 g/mol. The molecule has 1 amide bonds. The fourth-order valence-corrected chi connectivity index (χ4v) is 2.34. The van der Waals surface area contributed by atoms with Crippen LogP contribution in [0.15, 0.2) is 59.5 Å². The number of rotatable bonds is 3. The van der Waals surface area contributed by atoms with Gasteiger partial charge in [0.2, 0.25) is 5.43 Å². The largest absolute Gasteiger partial charge is 0.465 e. The van der Waals surface area contributed by atoms with Crippen molar-refractivity contribution in [2.24, 2.45) is 0 Å². The maximum absolute atomic E-state index is 12.4. The quantitative estimate of drug-likeness (QED) is 0.725. The molecule has 120 valence electrons. The molecular formula is C18H14N2O4. The molecule has 2 aromatic carbocycles. The van der Waals surface area contributed by atoms with Crippen molar-refractivity contribution in [3.63, 3.8) is 0 Å². The molecule has 1 aromatic heterocycles. The van der Waals surface area contributed by atoms with Gasteiger partial charge in [0.05, 0.1) is 12.7 Å². The standard InChI is InChI=1S/C18H14N2O4/c1-24-18(23)11-6-8-12(9-7-11)20-17(22)14-10-19-15-5-3-2-4-13(15)16(14)21/h2-10H,1H3,(H,19,21)(H,20,22). The summed E-state index contributed by atoms with van der Waals surface area (Å²) in [5.74, 6) is -0.980. The molecule has 0 bridgehead atoms. The number of esters is 1.